The van der Waals surface area contributed by atoms with Crippen LogP contribution in [0.5, 0.6) is 0 Å². The van der Waals surface area contributed by atoms with Crippen LogP contribution in [0.4, 0.5) is 4.79 Å². The number of amides is 1. The first kappa shape index (κ1) is 13.6. The smallest absolute Gasteiger partial charge is 0.406 e. The highest BCUT2D eigenvalue weighted by Crippen LogP contribution is 2.33. The minimum Gasteiger partial charge on any atom is -0.453 e. The molecule has 0 fully saturated rings. The van der Waals surface area contributed by atoms with Gasteiger partial charge in [-0.25, -0.2) is 9.78 Å². The third-order valence-corrected chi connectivity index (χ3v) is 3.51. The summed E-state index contributed by atoms with van der Waals surface area (Å²) in [5, 5.41) is 2.67. The second-order valence-corrected chi connectivity index (χ2v) is 4.69. The predicted octanol–water partition coefficient (Wildman–Crippen LogP) is 2.31. The number of hydrogen-bond acceptors (Lipinski definition) is 5. The van der Waals surface area contributed by atoms with Crippen LogP contribution in [-0.2, 0) is 15.9 Å². The largest absolute Gasteiger partial charge is 0.453 e. The second-order valence-electron chi connectivity index (χ2n) is 4.69. The molecule has 2 aromatic rings. The maximum atomic E-state index is 11.2. The number of oxazole rings is 1. The fourth-order valence-electron chi connectivity index (χ4n) is 2.55. The molecule has 110 valence electrons. The number of nitrogens with zero attached hydrogens (tertiary/aromatic N) is 1. The Balaban J connectivity index is 1.88. The molecule has 1 aromatic heterocycles. The van der Waals surface area contributed by atoms with Crippen molar-refractivity contribution < 1.29 is 18.7 Å². The first-order valence-electron chi connectivity index (χ1n) is 6.74. The van der Waals surface area contributed by atoms with Gasteiger partial charge in [0.2, 0.25) is 5.89 Å². The van der Waals surface area contributed by atoms with Crippen molar-refractivity contribution >= 4 is 6.09 Å². The lowest BCUT2D eigenvalue weighted by atomic mass is 9.92. The Hall–Kier alpha value is -2.34. The van der Waals surface area contributed by atoms with E-state index in [1.807, 2.05) is 18.2 Å². The maximum Gasteiger partial charge on any atom is 0.406 e. The van der Waals surface area contributed by atoms with Crippen molar-refractivity contribution in [1.29, 1.82) is 0 Å². The van der Waals surface area contributed by atoms with Gasteiger partial charge in [0, 0.05) is 5.56 Å². The Kier molecular flexibility index (Phi) is 3.87. The monoisotopic (exact) mass is 288 g/mol. The highest BCUT2D eigenvalue weighted by Gasteiger charge is 2.24. The summed E-state index contributed by atoms with van der Waals surface area (Å²) in [4.78, 5) is 15.4. The van der Waals surface area contributed by atoms with Crippen molar-refractivity contribution in [2.75, 3.05) is 20.3 Å². The van der Waals surface area contributed by atoms with Crippen LogP contribution >= 0.6 is 0 Å². The number of rotatable bonds is 3. The minimum absolute atomic E-state index is 0.192. The van der Waals surface area contributed by atoms with Crippen molar-refractivity contribution in [1.82, 2.24) is 10.3 Å². The van der Waals surface area contributed by atoms with Crippen molar-refractivity contribution in [2.24, 2.45) is 0 Å². The Bertz CT molecular complexity index is 625. The highest BCUT2D eigenvalue weighted by atomic mass is 16.5. The number of hydrogen-bond donors (Lipinski definition) is 1. The summed E-state index contributed by atoms with van der Waals surface area (Å²) >= 11 is 0. The average molecular weight is 288 g/mol. The number of fused-ring (bicyclic) bond motifs is 1. The second kappa shape index (κ2) is 5.97. The van der Waals surface area contributed by atoms with E-state index < -0.39 is 6.09 Å². The normalized spacial score (nSPS) is 17.1. The van der Waals surface area contributed by atoms with E-state index in [-0.39, 0.29) is 6.10 Å². The van der Waals surface area contributed by atoms with Crippen LogP contribution in [-0.4, -0.2) is 31.3 Å². The molecule has 1 N–H and O–H groups in total. The van der Waals surface area contributed by atoms with E-state index in [9.17, 15) is 4.79 Å². The summed E-state index contributed by atoms with van der Waals surface area (Å²) in [6.45, 7) is 0.965. The van der Waals surface area contributed by atoms with Gasteiger partial charge in [0.1, 0.15) is 12.4 Å². The van der Waals surface area contributed by atoms with Gasteiger partial charge in [-0.3, -0.25) is 0 Å². The number of aromatic nitrogens is 1. The van der Waals surface area contributed by atoms with Gasteiger partial charge in [-0.1, -0.05) is 12.1 Å². The van der Waals surface area contributed by atoms with Gasteiger partial charge in [0.15, 0.2) is 0 Å². The lowest BCUT2D eigenvalue weighted by molar-refractivity contribution is 0.0421. The molecule has 0 bridgehead atoms. The Morgan fingerprint density at radius 3 is 3.19 bits per heavy atom. The van der Waals surface area contributed by atoms with E-state index in [4.69, 9.17) is 9.15 Å². The molecule has 3 rings (SSSR count). The summed E-state index contributed by atoms with van der Waals surface area (Å²) in [6.07, 6.45) is 3.33. The SMILES string of the molecule is COC(=O)NCC1OCCc2c(-c3ncco3)cccc21. The standard InChI is InChI=1S/C15H16N2O4/c1-19-15(18)17-9-13-11-3-2-4-12(10(11)5-7-20-13)14-16-6-8-21-14/h2-4,6,8,13H,5,7,9H2,1H3,(H,17,18). The van der Waals surface area contributed by atoms with Crippen LogP contribution in [0.25, 0.3) is 11.5 Å². The van der Waals surface area contributed by atoms with Crippen LogP contribution in [0.15, 0.2) is 35.1 Å². The molecule has 1 aromatic carbocycles. The van der Waals surface area contributed by atoms with Gasteiger partial charge >= 0.3 is 6.09 Å². The molecule has 1 aliphatic rings. The predicted molar refractivity (Wildman–Crippen MR) is 74.7 cm³/mol. The summed E-state index contributed by atoms with van der Waals surface area (Å²) in [6, 6.07) is 5.93. The van der Waals surface area contributed by atoms with Crippen LogP contribution in [0.1, 0.15) is 17.2 Å². The maximum absolute atomic E-state index is 11.2. The minimum atomic E-state index is -0.463. The number of benzene rings is 1. The molecule has 1 aliphatic heterocycles. The lowest BCUT2D eigenvalue weighted by Crippen LogP contribution is -2.31. The molecule has 1 atom stereocenters. The molecule has 0 saturated carbocycles. The zero-order valence-electron chi connectivity index (χ0n) is 11.7. The number of carbonyl (C=O) groups is 1. The van der Waals surface area contributed by atoms with Gasteiger partial charge in [0.05, 0.1) is 26.5 Å². The summed E-state index contributed by atoms with van der Waals surface area (Å²) in [5.74, 6) is 0.605. The van der Waals surface area contributed by atoms with Crippen LogP contribution in [0, 0.1) is 0 Å². The van der Waals surface area contributed by atoms with Gasteiger partial charge in [-0.2, -0.15) is 0 Å². The molecule has 0 aliphatic carbocycles. The topological polar surface area (TPSA) is 73.6 Å². The zero-order chi connectivity index (χ0) is 14.7. The highest BCUT2D eigenvalue weighted by molar-refractivity contribution is 5.67. The van der Waals surface area contributed by atoms with E-state index in [1.165, 1.54) is 7.11 Å². The molecule has 0 saturated heterocycles. The third kappa shape index (κ3) is 2.75. The number of carbonyl (C=O) groups excluding carboxylic acids is 1. The molecule has 2 heterocycles. The molecular formula is C15H16N2O4. The number of nitrogens with one attached hydrogen (secondary N) is 1. The van der Waals surface area contributed by atoms with E-state index in [1.54, 1.807) is 12.5 Å². The molecular weight excluding hydrogens is 272 g/mol. The van der Waals surface area contributed by atoms with Crippen LogP contribution in [0.3, 0.4) is 0 Å². The Morgan fingerprint density at radius 2 is 2.43 bits per heavy atom. The molecule has 1 unspecified atom stereocenters. The number of methoxy groups -OCH3 is 1. The summed E-state index contributed by atoms with van der Waals surface area (Å²) < 4.78 is 15.7. The zero-order valence-corrected chi connectivity index (χ0v) is 11.7. The summed E-state index contributed by atoms with van der Waals surface area (Å²) in [5.41, 5.74) is 3.18. The van der Waals surface area contributed by atoms with Gasteiger partial charge in [-0.05, 0) is 23.6 Å². The summed E-state index contributed by atoms with van der Waals surface area (Å²) in [7, 11) is 1.34. The van der Waals surface area contributed by atoms with Gasteiger partial charge in [-0.15, -0.1) is 0 Å². The molecule has 6 heteroatoms. The van der Waals surface area contributed by atoms with Crippen LogP contribution in [0.2, 0.25) is 0 Å². The molecule has 1 amide bonds. The van der Waals surface area contributed by atoms with Crippen molar-refractivity contribution in [2.45, 2.75) is 12.5 Å². The third-order valence-electron chi connectivity index (χ3n) is 3.51. The van der Waals surface area contributed by atoms with Gasteiger partial charge in [0.25, 0.3) is 0 Å². The molecule has 6 nitrogen and oxygen atoms in total. The van der Waals surface area contributed by atoms with E-state index in [0.717, 1.165) is 23.1 Å². The quantitative estimate of drug-likeness (QED) is 0.938. The molecule has 21 heavy (non-hydrogen) atoms. The van der Waals surface area contributed by atoms with Crippen molar-refractivity contribution in [3.8, 4) is 11.5 Å². The fourth-order valence-corrected chi connectivity index (χ4v) is 2.55. The average Bonchev–Trinajstić information content (AvgIpc) is 3.06. The van der Waals surface area contributed by atoms with Crippen molar-refractivity contribution in [3.05, 3.63) is 41.8 Å². The fraction of sp³-hybridized carbons (Fsp3) is 0.333. The number of ether oxygens (including phenoxy) is 2. The first-order valence-corrected chi connectivity index (χ1v) is 6.74. The lowest BCUT2D eigenvalue weighted by Gasteiger charge is -2.27. The first-order chi connectivity index (χ1) is 10.3. The van der Waals surface area contributed by atoms with Crippen molar-refractivity contribution in [3.63, 3.8) is 0 Å². The van der Waals surface area contributed by atoms with Crippen LogP contribution < -0.4 is 5.32 Å². The Labute approximate surface area is 122 Å². The van der Waals surface area contributed by atoms with E-state index in [2.05, 4.69) is 15.0 Å². The molecule has 0 radical (unpaired) electrons. The number of alkyl carbamates (subject to hydrolysis) is 1. The Morgan fingerprint density at radius 1 is 1.52 bits per heavy atom. The van der Waals surface area contributed by atoms with E-state index >= 15 is 0 Å². The molecule has 0 spiro atoms. The van der Waals surface area contributed by atoms with E-state index in [0.29, 0.717) is 19.0 Å². The van der Waals surface area contributed by atoms with Gasteiger partial charge < -0.3 is 19.2 Å².